The summed E-state index contributed by atoms with van der Waals surface area (Å²) < 4.78 is 6.21. The van der Waals surface area contributed by atoms with Crippen molar-refractivity contribution in [1.29, 1.82) is 0 Å². The zero-order valence-corrected chi connectivity index (χ0v) is 16.8. The summed E-state index contributed by atoms with van der Waals surface area (Å²) in [6.07, 6.45) is 0. The number of aryl methyl sites for hydroxylation is 1. The maximum Gasteiger partial charge on any atom is 0.262 e. The van der Waals surface area contributed by atoms with Gasteiger partial charge >= 0.3 is 0 Å². The Kier molecular flexibility index (Phi) is 6.45. The molecule has 0 bridgehead atoms. The number of anilines is 2. The van der Waals surface area contributed by atoms with E-state index >= 15 is 0 Å². The van der Waals surface area contributed by atoms with E-state index in [1.165, 1.54) is 0 Å². The van der Waals surface area contributed by atoms with Gasteiger partial charge in [-0.15, -0.1) is 0 Å². The quantitative estimate of drug-likeness (QED) is 0.567. The van der Waals surface area contributed by atoms with Crippen LogP contribution in [0.15, 0.2) is 77.3 Å². The van der Waals surface area contributed by atoms with E-state index in [1.54, 1.807) is 30.3 Å². The molecule has 0 aliphatic heterocycles. The second-order valence-electron chi connectivity index (χ2n) is 6.12. The maximum atomic E-state index is 12.3. The van der Waals surface area contributed by atoms with Crippen LogP contribution in [0.1, 0.15) is 15.9 Å². The van der Waals surface area contributed by atoms with Crippen LogP contribution in [0.25, 0.3) is 0 Å². The summed E-state index contributed by atoms with van der Waals surface area (Å²) in [6, 6.07) is 21.6. The number of rotatable bonds is 6. The lowest BCUT2D eigenvalue weighted by molar-refractivity contribution is -0.118. The van der Waals surface area contributed by atoms with Gasteiger partial charge in [0.15, 0.2) is 6.61 Å². The van der Waals surface area contributed by atoms with E-state index in [1.807, 2.05) is 49.4 Å². The number of halogens is 1. The minimum atomic E-state index is -0.267. The normalized spacial score (nSPS) is 10.2. The number of carbonyl (C=O) groups is 2. The summed E-state index contributed by atoms with van der Waals surface area (Å²) in [7, 11) is 0. The van der Waals surface area contributed by atoms with Gasteiger partial charge in [-0.3, -0.25) is 9.59 Å². The molecule has 0 unspecified atom stereocenters. The summed E-state index contributed by atoms with van der Waals surface area (Å²) in [4.78, 5) is 24.4. The number of benzene rings is 3. The fourth-order valence-electron chi connectivity index (χ4n) is 2.54. The molecule has 0 spiro atoms. The number of hydrogen-bond donors (Lipinski definition) is 2. The van der Waals surface area contributed by atoms with E-state index in [-0.39, 0.29) is 18.4 Å². The summed E-state index contributed by atoms with van der Waals surface area (Å²) in [5, 5.41) is 5.61. The van der Waals surface area contributed by atoms with Crippen molar-refractivity contribution in [3.05, 3.63) is 88.4 Å². The lowest BCUT2D eigenvalue weighted by atomic mass is 10.2. The highest BCUT2D eigenvalue weighted by atomic mass is 79.9. The average Bonchev–Trinajstić information content (AvgIpc) is 2.70. The second-order valence-corrected chi connectivity index (χ2v) is 6.97. The first-order valence-corrected chi connectivity index (χ1v) is 9.46. The standard InChI is InChI=1S/C22H19BrN2O3/c1-15-7-5-6-10-20(15)28-14-21(26)24-17-11-12-19(18(23)13-17)25-22(27)16-8-3-2-4-9-16/h2-13H,14H2,1H3,(H,24,26)(H,25,27). The van der Waals surface area contributed by atoms with Crippen molar-refractivity contribution in [3.8, 4) is 5.75 Å². The van der Waals surface area contributed by atoms with Crippen LogP contribution < -0.4 is 15.4 Å². The van der Waals surface area contributed by atoms with E-state index < -0.39 is 0 Å². The van der Waals surface area contributed by atoms with Crippen LogP contribution in [0, 0.1) is 6.92 Å². The monoisotopic (exact) mass is 438 g/mol. The molecule has 2 N–H and O–H groups in total. The van der Waals surface area contributed by atoms with E-state index in [2.05, 4.69) is 26.6 Å². The molecule has 6 heteroatoms. The van der Waals surface area contributed by atoms with Gasteiger partial charge in [-0.25, -0.2) is 0 Å². The third kappa shape index (κ3) is 5.20. The van der Waals surface area contributed by atoms with Gasteiger partial charge in [-0.1, -0.05) is 36.4 Å². The Balaban J connectivity index is 1.58. The minimum absolute atomic E-state index is 0.0883. The van der Waals surface area contributed by atoms with Gasteiger partial charge in [0.2, 0.25) is 0 Å². The Morgan fingerprint density at radius 2 is 1.64 bits per heavy atom. The molecule has 3 rings (SSSR count). The molecular formula is C22H19BrN2O3. The summed E-state index contributed by atoms with van der Waals surface area (Å²) in [6.45, 7) is 1.84. The van der Waals surface area contributed by atoms with Gasteiger partial charge in [-0.05, 0) is 64.8 Å². The van der Waals surface area contributed by atoms with E-state index in [9.17, 15) is 9.59 Å². The highest BCUT2D eigenvalue weighted by Gasteiger charge is 2.10. The Hall–Kier alpha value is -3.12. The van der Waals surface area contributed by atoms with Crippen molar-refractivity contribution in [2.75, 3.05) is 17.2 Å². The van der Waals surface area contributed by atoms with Crippen LogP contribution in [-0.4, -0.2) is 18.4 Å². The fourth-order valence-corrected chi connectivity index (χ4v) is 3.01. The van der Waals surface area contributed by atoms with Gasteiger partial charge < -0.3 is 15.4 Å². The lowest BCUT2D eigenvalue weighted by Gasteiger charge is -2.11. The van der Waals surface area contributed by atoms with Gasteiger partial charge in [0.05, 0.1) is 5.69 Å². The molecule has 5 nitrogen and oxygen atoms in total. The number of hydrogen-bond acceptors (Lipinski definition) is 3. The SMILES string of the molecule is Cc1ccccc1OCC(=O)Nc1ccc(NC(=O)c2ccccc2)c(Br)c1. The van der Waals surface area contributed by atoms with E-state index in [0.717, 1.165) is 5.56 Å². The van der Waals surface area contributed by atoms with Crippen molar-refractivity contribution < 1.29 is 14.3 Å². The Morgan fingerprint density at radius 3 is 2.36 bits per heavy atom. The number of amides is 2. The molecule has 142 valence electrons. The largest absolute Gasteiger partial charge is 0.483 e. The Bertz CT molecular complexity index is 990. The van der Waals surface area contributed by atoms with Crippen LogP contribution in [0.4, 0.5) is 11.4 Å². The topological polar surface area (TPSA) is 67.4 Å². The van der Waals surface area contributed by atoms with E-state index in [0.29, 0.717) is 27.2 Å². The lowest BCUT2D eigenvalue weighted by Crippen LogP contribution is -2.20. The van der Waals surface area contributed by atoms with E-state index in [4.69, 9.17) is 4.74 Å². The Morgan fingerprint density at radius 1 is 0.929 bits per heavy atom. The fraction of sp³-hybridized carbons (Fsp3) is 0.0909. The molecule has 0 aliphatic carbocycles. The molecule has 0 aliphatic rings. The number of carbonyl (C=O) groups excluding carboxylic acids is 2. The zero-order chi connectivity index (χ0) is 19.9. The molecule has 0 saturated heterocycles. The van der Waals surface area contributed by atoms with Crippen LogP contribution in [-0.2, 0) is 4.79 Å². The van der Waals surface area contributed by atoms with Crippen molar-refractivity contribution in [2.24, 2.45) is 0 Å². The van der Waals surface area contributed by atoms with Gasteiger partial charge in [0, 0.05) is 15.7 Å². The molecule has 3 aromatic rings. The molecular weight excluding hydrogens is 420 g/mol. The predicted octanol–water partition coefficient (Wildman–Crippen LogP) is 5.03. The first-order chi connectivity index (χ1) is 13.5. The summed E-state index contributed by atoms with van der Waals surface area (Å²) >= 11 is 3.43. The number of ether oxygens (including phenoxy) is 1. The molecule has 0 atom stereocenters. The van der Waals surface area contributed by atoms with Crippen LogP contribution in [0.2, 0.25) is 0 Å². The van der Waals surface area contributed by atoms with Crippen molar-refractivity contribution in [2.45, 2.75) is 6.92 Å². The van der Waals surface area contributed by atoms with Crippen molar-refractivity contribution >= 4 is 39.1 Å². The molecule has 2 amide bonds. The third-order valence-electron chi connectivity index (χ3n) is 3.99. The van der Waals surface area contributed by atoms with Crippen LogP contribution in [0.3, 0.4) is 0 Å². The maximum absolute atomic E-state index is 12.3. The highest BCUT2D eigenvalue weighted by molar-refractivity contribution is 9.10. The molecule has 3 aromatic carbocycles. The molecule has 0 fully saturated rings. The second kappa shape index (κ2) is 9.19. The van der Waals surface area contributed by atoms with Crippen molar-refractivity contribution in [1.82, 2.24) is 0 Å². The summed E-state index contributed by atoms with van der Waals surface area (Å²) in [5.41, 5.74) is 2.75. The molecule has 0 saturated carbocycles. The molecule has 28 heavy (non-hydrogen) atoms. The third-order valence-corrected chi connectivity index (χ3v) is 4.65. The predicted molar refractivity (Wildman–Crippen MR) is 114 cm³/mol. The molecule has 0 heterocycles. The van der Waals surface area contributed by atoms with Crippen LogP contribution in [0.5, 0.6) is 5.75 Å². The average molecular weight is 439 g/mol. The number of para-hydroxylation sites is 1. The van der Waals surface area contributed by atoms with Gasteiger partial charge in [-0.2, -0.15) is 0 Å². The Labute approximate surface area is 171 Å². The molecule has 0 aromatic heterocycles. The van der Waals surface area contributed by atoms with Gasteiger partial charge in [0.1, 0.15) is 5.75 Å². The van der Waals surface area contributed by atoms with Gasteiger partial charge in [0.25, 0.3) is 11.8 Å². The zero-order valence-electron chi connectivity index (χ0n) is 15.2. The van der Waals surface area contributed by atoms with Crippen molar-refractivity contribution in [3.63, 3.8) is 0 Å². The highest BCUT2D eigenvalue weighted by Crippen LogP contribution is 2.26. The molecule has 0 radical (unpaired) electrons. The smallest absolute Gasteiger partial charge is 0.262 e. The minimum Gasteiger partial charge on any atom is -0.483 e. The summed E-state index contributed by atoms with van der Waals surface area (Å²) in [5.74, 6) is 0.207. The first-order valence-electron chi connectivity index (χ1n) is 8.67. The number of nitrogens with one attached hydrogen (secondary N) is 2. The first kappa shape index (κ1) is 19.6. The van der Waals surface area contributed by atoms with Crippen LogP contribution >= 0.6 is 15.9 Å².